The van der Waals surface area contributed by atoms with Gasteiger partial charge in [0.2, 0.25) is 5.91 Å². The van der Waals surface area contributed by atoms with Crippen molar-refractivity contribution in [1.29, 1.82) is 0 Å². The molecular formula is C33H34F3N5OS. The van der Waals surface area contributed by atoms with Crippen LogP contribution in [0, 0.1) is 13.8 Å². The van der Waals surface area contributed by atoms with Gasteiger partial charge in [-0.1, -0.05) is 24.3 Å². The Labute approximate surface area is 253 Å². The normalized spacial score (nSPS) is 14.7. The first-order valence-corrected chi connectivity index (χ1v) is 15.1. The summed E-state index contributed by atoms with van der Waals surface area (Å²) in [6.45, 7) is 6.99. The van der Waals surface area contributed by atoms with Gasteiger partial charge in [-0.25, -0.2) is 4.98 Å². The lowest BCUT2D eigenvalue weighted by molar-refractivity contribution is -0.137. The van der Waals surface area contributed by atoms with Crippen LogP contribution in [0.25, 0.3) is 6.08 Å². The van der Waals surface area contributed by atoms with Crippen molar-refractivity contribution in [3.63, 3.8) is 0 Å². The SMILES string of the molecule is Cc1cc(Nc2ccc(CN(C(=O)C=Cc3ccc(C(F)(F)F)cc3)C3CCN(Cc4scnc4C)CC3)cc2)ccn1. The van der Waals surface area contributed by atoms with Gasteiger partial charge in [-0.2, -0.15) is 13.2 Å². The van der Waals surface area contributed by atoms with Crippen LogP contribution in [0.3, 0.4) is 0 Å². The molecule has 1 aliphatic rings. The molecule has 1 N–H and O–H groups in total. The number of aromatic nitrogens is 2. The summed E-state index contributed by atoms with van der Waals surface area (Å²) in [6, 6.07) is 16.8. The quantitative estimate of drug-likeness (QED) is 0.199. The maximum Gasteiger partial charge on any atom is 0.416 e. The third-order valence-electron chi connectivity index (χ3n) is 7.64. The predicted octanol–water partition coefficient (Wildman–Crippen LogP) is 7.62. The second-order valence-corrected chi connectivity index (χ2v) is 11.7. The van der Waals surface area contributed by atoms with Crippen molar-refractivity contribution in [2.24, 2.45) is 0 Å². The second kappa shape index (κ2) is 13.5. The van der Waals surface area contributed by atoms with Gasteiger partial charge in [0.25, 0.3) is 0 Å². The lowest BCUT2D eigenvalue weighted by atomic mass is 10.0. The number of alkyl halides is 3. The number of pyridine rings is 1. The van der Waals surface area contributed by atoms with E-state index in [1.54, 1.807) is 23.6 Å². The summed E-state index contributed by atoms with van der Waals surface area (Å²) in [4.78, 5) is 27.7. The number of anilines is 2. The summed E-state index contributed by atoms with van der Waals surface area (Å²) >= 11 is 1.67. The first-order chi connectivity index (χ1) is 20.6. The Hall–Kier alpha value is -4.02. The maximum absolute atomic E-state index is 13.6. The van der Waals surface area contributed by atoms with Gasteiger partial charge in [-0.3, -0.25) is 14.7 Å². The molecule has 224 valence electrons. The number of aryl methyl sites for hydroxylation is 2. The summed E-state index contributed by atoms with van der Waals surface area (Å²) in [7, 11) is 0. The standard InChI is InChI=1S/C33H34F3N5OS/c1-23-19-29(13-16-37-23)39-28-10-5-26(6-11-28)20-41(30-14-17-40(18-15-30)21-31-24(2)38-22-43-31)32(42)12-7-25-3-8-27(9-4-25)33(34,35)36/h3-13,16,19,22,30H,14-15,17-18,20-21H2,1-2H3,(H,37,39). The zero-order chi connectivity index (χ0) is 30.4. The molecule has 1 amide bonds. The number of amides is 1. The third kappa shape index (κ3) is 8.30. The predicted molar refractivity (Wildman–Crippen MR) is 165 cm³/mol. The Morgan fingerprint density at radius 2 is 1.74 bits per heavy atom. The molecule has 43 heavy (non-hydrogen) atoms. The largest absolute Gasteiger partial charge is 0.416 e. The van der Waals surface area contributed by atoms with Crippen LogP contribution in [0.15, 0.2) is 78.4 Å². The van der Waals surface area contributed by atoms with Crippen molar-refractivity contribution < 1.29 is 18.0 Å². The van der Waals surface area contributed by atoms with E-state index in [0.29, 0.717) is 12.1 Å². The summed E-state index contributed by atoms with van der Waals surface area (Å²) < 4.78 is 38.9. The van der Waals surface area contributed by atoms with Crippen LogP contribution in [0.4, 0.5) is 24.5 Å². The van der Waals surface area contributed by atoms with Crippen molar-refractivity contribution in [2.75, 3.05) is 18.4 Å². The Kier molecular flexibility index (Phi) is 9.57. The Balaban J connectivity index is 1.29. The van der Waals surface area contributed by atoms with Crippen LogP contribution >= 0.6 is 11.3 Å². The van der Waals surface area contributed by atoms with E-state index in [1.165, 1.54) is 23.1 Å². The molecule has 0 unspecified atom stereocenters. The summed E-state index contributed by atoms with van der Waals surface area (Å²) in [6.07, 6.45) is 2.08. The maximum atomic E-state index is 13.6. The average molecular weight is 606 g/mol. The van der Waals surface area contributed by atoms with E-state index in [2.05, 4.69) is 20.2 Å². The number of benzene rings is 2. The molecule has 0 atom stereocenters. The zero-order valence-corrected chi connectivity index (χ0v) is 25.0. The van der Waals surface area contributed by atoms with Crippen LogP contribution in [-0.2, 0) is 24.1 Å². The van der Waals surface area contributed by atoms with E-state index in [9.17, 15) is 18.0 Å². The molecule has 1 saturated heterocycles. The minimum absolute atomic E-state index is 0.0427. The topological polar surface area (TPSA) is 61.4 Å². The number of carbonyl (C=O) groups is 1. The minimum atomic E-state index is -4.40. The fraction of sp³-hybridized carbons (Fsp3) is 0.303. The zero-order valence-electron chi connectivity index (χ0n) is 24.1. The van der Waals surface area contributed by atoms with Crippen LogP contribution in [-0.4, -0.2) is 44.8 Å². The van der Waals surface area contributed by atoms with Crippen molar-refractivity contribution >= 4 is 34.7 Å². The number of carbonyl (C=O) groups excluding carboxylic acids is 1. The minimum Gasteiger partial charge on any atom is -0.355 e. The first kappa shape index (κ1) is 30.4. The van der Waals surface area contributed by atoms with Gasteiger partial charge in [0.15, 0.2) is 0 Å². The molecule has 1 aliphatic heterocycles. The number of hydrogen-bond donors (Lipinski definition) is 1. The van der Waals surface area contributed by atoms with Crippen molar-refractivity contribution in [3.8, 4) is 0 Å². The Morgan fingerprint density at radius 1 is 1.02 bits per heavy atom. The van der Waals surface area contributed by atoms with Gasteiger partial charge in [-0.05, 0) is 80.3 Å². The molecule has 0 radical (unpaired) electrons. The number of thiazole rings is 1. The number of piperidine rings is 1. The van der Waals surface area contributed by atoms with Crippen LogP contribution < -0.4 is 5.32 Å². The van der Waals surface area contributed by atoms with Gasteiger partial charge in [0.1, 0.15) is 0 Å². The van der Waals surface area contributed by atoms with E-state index in [4.69, 9.17) is 0 Å². The number of nitrogens with zero attached hydrogens (tertiary/aromatic N) is 4. The van der Waals surface area contributed by atoms with E-state index < -0.39 is 11.7 Å². The van der Waals surface area contributed by atoms with Crippen LogP contribution in [0.2, 0.25) is 0 Å². The molecule has 2 aromatic carbocycles. The van der Waals surface area contributed by atoms with Crippen LogP contribution in [0.5, 0.6) is 0 Å². The highest BCUT2D eigenvalue weighted by atomic mass is 32.1. The van der Waals surface area contributed by atoms with Gasteiger partial charge in [-0.15, -0.1) is 11.3 Å². The molecule has 0 bridgehead atoms. The van der Waals surface area contributed by atoms with E-state index >= 15 is 0 Å². The number of hydrogen-bond acceptors (Lipinski definition) is 6. The van der Waals surface area contributed by atoms with Crippen molar-refractivity contribution in [3.05, 3.63) is 111 Å². The molecule has 6 nitrogen and oxygen atoms in total. The monoisotopic (exact) mass is 605 g/mol. The molecule has 4 aromatic rings. The van der Waals surface area contributed by atoms with Crippen molar-refractivity contribution in [1.82, 2.24) is 19.8 Å². The highest BCUT2D eigenvalue weighted by Crippen LogP contribution is 2.29. The lowest BCUT2D eigenvalue weighted by Crippen LogP contribution is -2.46. The average Bonchev–Trinajstić information content (AvgIpc) is 3.39. The highest BCUT2D eigenvalue weighted by molar-refractivity contribution is 7.09. The smallest absolute Gasteiger partial charge is 0.355 e. The van der Waals surface area contributed by atoms with E-state index in [0.717, 1.165) is 72.9 Å². The molecule has 1 fully saturated rings. The summed E-state index contributed by atoms with van der Waals surface area (Å²) in [5.74, 6) is -0.161. The van der Waals surface area contributed by atoms with Crippen LogP contribution in [0.1, 0.15) is 45.8 Å². The molecule has 2 aromatic heterocycles. The Morgan fingerprint density at radius 3 is 2.37 bits per heavy atom. The molecule has 3 heterocycles. The fourth-order valence-electron chi connectivity index (χ4n) is 5.18. The first-order valence-electron chi connectivity index (χ1n) is 14.2. The third-order valence-corrected chi connectivity index (χ3v) is 8.56. The fourth-order valence-corrected chi connectivity index (χ4v) is 6.00. The summed E-state index contributed by atoms with van der Waals surface area (Å²) in [5, 5.41) is 3.38. The lowest BCUT2D eigenvalue weighted by Gasteiger charge is -2.38. The van der Waals surface area contributed by atoms with Gasteiger partial charge in [0.05, 0.1) is 16.8 Å². The molecule has 5 rings (SSSR count). The molecular weight excluding hydrogens is 571 g/mol. The highest BCUT2D eigenvalue weighted by Gasteiger charge is 2.30. The van der Waals surface area contributed by atoms with Gasteiger partial charge in [0, 0.05) is 66.4 Å². The van der Waals surface area contributed by atoms with Crippen molar-refractivity contribution in [2.45, 2.75) is 52.0 Å². The molecule has 0 saturated carbocycles. The Bertz CT molecular complexity index is 1540. The number of rotatable bonds is 9. The van der Waals surface area contributed by atoms with Gasteiger partial charge < -0.3 is 10.2 Å². The number of halogens is 3. The van der Waals surface area contributed by atoms with E-state index in [-0.39, 0.29) is 11.9 Å². The number of nitrogens with one attached hydrogen (secondary N) is 1. The van der Waals surface area contributed by atoms with E-state index in [1.807, 2.05) is 60.7 Å². The molecule has 0 spiro atoms. The summed E-state index contributed by atoms with van der Waals surface area (Å²) in [5.41, 5.74) is 6.57. The molecule has 10 heteroatoms. The number of likely N-dealkylation sites (tertiary alicyclic amines) is 1. The van der Waals surface area contributed by atoms with Gasteiger partial charge >= 0.3 is 6.18 Å². The molecule has 0 aliphatic carbocycles. The second-order valence-electron chi connectivity index (χ2n) is 10.8.